The summed E-state index contributed by atoms with van der Waals surface area (Å²) in [5.41, 5.74) is 2.54. The van der Waals surface area contributed by atoms with Crippen molar-refractivity contribution in [2.75, 3.05) is 19.5 Å². The van der Waals surface area contributed by atoms with E-state index in [9.17, 15) is 9.59 Å². The number of hydrogen-bond acceptors (Lipinski definition) is 5. The van der Waals surface area contributed by atoms with E-state index in [-0.39, 0.29) is 17.6 Å². The number of carbonyl (C=O) groups excluding carboxylic acids is 1. The molecule has 4 N–H and O–H groups in total. The number of methoxy groups -OCH3 is 2. The standard InChI is InChI=1S/C20H24N4O4/c1-11(15-10-14(27-3)6-8-18(15)28-4)21-12(2)19(25)22-13-5-7-16-17(9-13)24-20(26)23-16/h5-12,21H,1-4H3,(H,22,25)(H2,23,24,26)/t11-,12+/m1/s1. The molecule has 8 nitrogen and oxygen atoms in total. The Morgan fingerprint density at radius 1 is 1.00 bits per heavy atom. The summed E-state index contributed by atoms with van der Waals surface area (Å²) >= 11 is 0. The number of imidazole rings is 1. The van der Waals surface area contributed by atoms with Gasteiger partial charge in [0.15, 0.2) is 0 Å². The highest BCUT2D eigenvalue weighted by Crippen LogP contribution is 2.29. The Kier molecular flexibility index (Phi) is 5.70. The summed E-state index contributed by atoms with van der Waals surface area (Å²) in [6.07, 6.45) is 0. The van der Waals surface area contributed by atoms with Crippen molar-refractivity contribution in [1.82, 2.24) is 15.3 Å². The lowest BCUT2D eigenvalue weighted by Crippen LogP contribution is -2.39. The molecule has 0 aliphatic heterocycles. The van der Waals surface area contributed by atoms with Gasteiger partial charge in [-0.3, -0.25) is 10.1 Å². The van der Waals surface area contributed by atoms with Crippen molar-refractivity contribution in [3.63, 3.8) is 0 Å². The molecule has 0 unspecified atom stereocenters. The lowest BCUT2D eigenvalue weighted by atomic mass is 10.1. The number of aromatic nitrogens is 2. The van der Waals surface area contributed by atoms with Crippen LogP contribution in [0.5, 0.6) is 11.5 Å². The predicted octanol–water partition coefficient (Wildman–Crippen LogP) is 2.55. The van der Waals surface area contributed by atoms with E-state index >= 15 is 0 Å². The number of ether oxygens (including phenoxy) is 2. The summed E-state index contributed by atoms with van der Waals surface area (Å²) in [7, 11) is 3.21. The van der Waals surface area contributed by atoms with Crippen LogP contribution in [-0.2, 0) is 4.79 Å². The van der Waals surface area contributed by atoms with Crippen molar-refractivity contribution in [3.05, 3.63) is 52.4 Å². The largest absolute Gasteiger partial charge is 0.497 e. The van der Waals surface area contributed by atoms with Crippen LogP contribution < -0.4 is 25.8 Å². The van der Waals surface area contributed by atoms with Crippen LogP contribution in [0.1, 0.15) is 25.5 Å². The Morgan fingerprint density at radius 3 is 2.46 bits per heavy atom. The molecule has 1 heterocycles. The van der Waals surface area contributed by atoms with E-state index in [1.165, 1.54) is 0 Å². The maximum atomic E-state index is 12.6. The zero-order valence-electron chi connectivity index (χ0n) is 16.3. The average Bonchev–Trinajstić information content (AvgIpc) is 3.06. The van der Waals surface area contributed by atoms with E-state index in [0.29, 0.717) is 16.7 Å². The molecule has 3 aromatic rings. The fraction of sp³-hybridized carbons (Fsp3) is 0.300. The fourth-order valence-electron chi connectivity index (χ4n) is 3.08. The first-order valence-corrected chi connectivity index (χ1v) is 8.92. The molecule has 0 aliphatic rings. The van der Waals surface area contributed by atoms with E-state index in [0.717, 1.165) is 17.1 Å². The number of carbonyl (C=O) groups is 1. The van der Waals surface area contributed by atoms with Crippen LogP contribution in [0.4, 0.5) is 5.69 Å². The van der Waals surface area contributed by atoms with Crippen molar-refractivity contribution in [2.24, 2.45) is 0 Å². The lowest BCUT2D eigenvalue weighted by Gasteiger charge is -2.22. The van der Waals surface area contributed by atoms with Crippen LogP contribution in [0.25, 0.3) is 11.0 Å². The minimum absolute atomic E-state index is 0.144. The quantitative estimate of drug-likeness (QED) is 0.501. The highest BCUT2D eigenvalue weighted by atomic mass is 16.5. The van der Waals surface area contributed by atoms with Gasteiger partial charge >= 0.3 is 5.69 Å². The summed E-state index contributed by atoms with van der Waals surface area (Å²) in [6, 6.07) is 10.1. The van der Waals surface area contributed by atoms with Crippen molar-refractivity contribution in [2.45, 2.75) is 25.9 Å². The first-order chi connectivity index (χ1) is 13.4. The Hall–Kier alpha value is -3.26. The molecule has 0 saturated heterocycles. The summed E-state index contributed by atoms with van der Waals surface area (Å²) in [6.45, 7) is 3.74. The van der Waals surface area contributed by atoms with E-state index in [1.54, 1.807) is 39.3 Å². The zero-order chi connectivity index (χ0) is 20.3. The molecule has 2 aromatic carbocycles. The number of aromatic amines is 2. The maximum Gasteiger partial charge on any atom is 0.323 e. The Morgan fingerprint density at radius 2 is 1.75 bits per heavy atom. The van der Waals surface area contributed by atoms with Crippen LogP contribution in [0.2, 0.25) is 0 Å². The lowest BCUT2D eigenvalue weighted by molar-refractivity contribution is -0.117. The Balaban J connectivity index is 1.70. The monoisotopic (exact) mass is 384 g/mol. The van der Waals surface area contributed by atoms with Crippen molar-refractivity contribution in [3.8, 4) is 11.5 Å². The van der Waals surface area contributed by atoms with Crippen LogP contribution in [0.15, 0.2) is 41.2 Å². The topological polar surface area (TPSA) is 108 Å². The van der Waals surface area contributed by atoms with Gasteiger partial charge in [-0.05, 0) is 50.2 Å². The second-order valence-corrected chi connectivity index (χ2v) is 6.55. The second-order valence-electron chi connectivity index (χ2n) is 6.55. The molecule has 0 radical (unpaired) electrons. The zero-order valence-corrected chi connectivity index (χ0v) is 16.3. The number of nitrogens with one attached hydrogen (secondary N) is 4. The van der Waals surface area contributed by atoms with E-state index < -0.39 is 6.04 Å². The molecule has 8 heteroatoms. The molecular weight excluding hydrogens is 360 g/mol. The second kappa shape index (κ2) is 8.18. The number of anilines is 1. The van der Waals surface area contributed by atoms with Gasteiger partial charge in [-0.15, -0.1) is 0 Å². The SMILES string of the molecule is COc1ccc(OC)c([C@@H](C)N[C@@H](C)C(=O)Nc2ccc3[nH]c(=O)[nH]c3c2)c1. The number of fused-ring (bicyclic) bond motifs is 1. The van der Waals surface area contributed by atoms with Gasteiger partial charge in [0.1, 0.15) is 11.5 Å². The van der Waals surface area contributed by atoms with Gasteiger partial charge in [0.05, 0.1) is 31.3 Å². The van der Waals surface area contributed by atoms with Crippen molar-refractivity contribution < 1.29 is 14.3 Å². The van der Waals surface area contributed by atoms with E-state index in [4.69, 9.17) is 9.47 Å². The molecule has 0 aliphatic carbocycles. The Labute approximate surface area is 162 Å². The molecule has 3 rings (SSSR count). The van der Waals surface area contributed by atoms with Gasteiger partial charge < -0.3 is 24.8 Å². The highest BCUT2D eigenvalue weighted by Gasteiger charge is 2.19. The van der Waals surface area contributed by atoms with E-state index in [1.807, 2.05) is 25.1 Å². The first kappa shape index (κ1) is 19.5. The molecule has 0 spiro atoms. The Bertz CT molecular complexity index is 1040. The highest BCUT2D eigenvalue weighted by molar-refractivity contribution is 5.96. The van der Waals surface area contributed by atoms with Gasteiger partial charge in [-0.2, -0.15) is 0 Å². The molecule has 28 heavy (non-hydrogen) atoms. The van der Waals surface area contributed by atoms with Crippen molar-refractivity contribution >= 4 is 22.6 Å². The van der Waals surface area contributed by atoms with Crippen LogP contribution in [0.3, 0.4) is 0 Å². The average molecular weight is 384 g/mol. The van der Waals surface area contributed by atoms with Gasteiger partial charge in [0.25, 0.3) is 0 Å². The number of hydrogen-bond donors (Lipinski definition) is 4. The van der Waals surface area contributed by atoms with Gasteiger partial charge in [-0.25, -0.2) is 4.79 Å². The normalized spacial score (nSPS) is 13.1. The number of benzene rings is 2. The summed E-state index contributed by atoms with van der Waals surface area (Å²) in [4.78, 5) is 29.3. The molecule has 0 saturated carbocycles. The first-order valence-electron chi connectivity index (χ1n) is 8.92. The minimum atomic E-state index is -0.466. The minimum Gasteiger partial charge on any atom is -0.497 e. The molecule has 1 amide bonds. The molecule has 1 aromatic heterocycles. The van der Waals surface area contributed by atoms with Gasteiger partial charge in [0, 0.05) is 17.3 Å². The van der Waals surface area contributed by atoms with E-state index in [2.05, 4.69) is 20.6 Å². The molecule has 2 atom stereocenters. The molecule has 0 bridgehead atoms. The molecule has 148 valence electrons. The number of rotatable bonds is 7. The van der Waals surface area contributed by atoms with Crippen LogP contribution in [0, 0.1) is 0 Å². The number of amides is 1. The van der Waals surface area contributed by atoms with Crippen molar-refractivity contribution in [1.29, 1.82) is 0 Å². The van der Waals surface area contributed by atoms with Gasteiger partial charge in [-0.1, -0.05) is 0 Å². The smallest absolute Gasteiger partial charge is 0.323 e. The fourth-order valence-corrected chi connectivity index (χ4v) is 3.08. The van der Waals surface area contributed by atoms with Gasteiger partial charge in [0.2, 0.25) is 5.91 Å². The summed E-state index contributed by atoms with van der Waals surface area (Å²) < 4.78 is 10.7. The predicted molar refractivity (Wildman–Crippen MR) is 108 cm³/mol. The number of H-pyrrole nitrogens is 2. The third-order valence-corrected chi connectivity index (χ3v) is 4.58. The van der Waals surface area contributed by atoms with Crippen LogP contribution in [-0.4, -0.2) is 36.1 Å². The maximum absolute atomic E-state index is 12.6. The third-order valence-electron chi connectivity index (χ3n) is 4.58. The van der Waals surface area contributed by atoms with Crippen LogP contribution >= 0.6 is 0 Å². The molecular formula is C20H24N4O4. The third kappa shape index (κ3) is 4.17. The molecule has 0 fully saturated rings. The summed E-state index contributed by atoms with van der Waals surface area (Å²) in [5.74, 6) is 1.25. The summed E-state index contributed by atoms with van der Waals surface area (Å²) in [5, 5.41) is 6.13.